The second kappa shape index (κ2) is 8.06. The summed E-state index contributed by atoms with van der Waals surface area (Å²) in [6.45, 7) is 0. The van der Waals surface area contributed by atoms with E-state index in [4.69, 9.17) is 0 Å². The van der Waals surface area contributed by atoms with Crippen LogP contribution in [0.1, 0.15) is 15.9 Å². The maximum Gasteiger partial charge on any atom is 0.264 e. The number of ketones is 1. The summed E-state index contributed by atoms with van der Waals surface area (Å²) < 4.78 is 40.6. The lowest BCUT2D eigenvalue weighted by atomic mass is 10.1. The van der Waals surface area contributed by atoms with E-state index in [-0.39, 0.29) is 17.2 Å². The van der Waals surface area contributed by atoms with Crippen LogP contribution in [0.3, 0.4) is 0 Å². The van der Waals surface area contributed by atoms with E-state index in [1.54, 1.807) is 18.2 Å². The zero-order valence-electron chi connectivity index (χ0n) is 14.5. The van der Waals surface area contributed by atoms with Crippen molar-refractivity contribution in [1.82, 2.24) is 0 Å². The number of allylic oxidation sites excluding steroid dienone is 1. The van der Waals surface area contributed by atoms with Gasteiger partial charge in [0.1, 0.15) is 16.5 Å². The molecule has 0 saturated heterocycles. The summed E-state index contributed by atoms with van der Waals surface area (Å²) >= 11 is 0. The van der Waals surface area contributed by atoms with E-state index in [0.29, 0.717) is 5.56 Å². The van der Waals surface area contributed by atoms with Gasteiger partial charge in [-0.1, -0.05) is 30.3 Å². The first-order valence-electron chi connectivity index (χ1n) is 8.24. The van der Waals surface area contributed by atoms with Crippen LogP contribution in [-0.4, -0.2) is 19.3 Å². The van der Waals surface area contributed by atoms with Crippen LogP contribution in [0, 0.1) is 5.82 Å². The Balaban J connectivity index is 1.72. The average molecular weight is 397 g/mol. The number of anilines is 1. The predicted octanol–water partition coefficient (Wildman–Crippen LogP) is 4.23. The van der Waals surface area contributed by atoms with Gasteiger partial charge in [0.25, 0.3) is 10.0 Å². The van der Waals surface area contributed by atoms with Gasteiger partial charge in [-0.15, -0.1) is 0 Å². The molecule has 28 heavy (non-hydrogen) atoms. The van der Waals surface area contributed by atoms with Crippen LogP contribution in [0.5, 0.6) is 5.75 Å². The Morgan fingerprint density at radius 1 is 0.929 bits per heavy atom. The summed E-state index contributed by atoms with van der Waals surface area (Å²) in [6, 6.07) is 17.2. The molecule has 0 heterocycles. The lowest BCUT2D eigenvalue weighted by Crippen LogP contribution is -2.14. The molecule has 0 aliphatic heterocycles. The number of sulfonamides is 1. The predicted molar refractivity (Wildman–Crippen MR) is 105 cm³/mol. The van der Waals surface area contributed by atoms with Crippen LogP contribution in [-0.2, 0) is 10.0 Å². The first-order chi connectivity index (χ1) is 13.3. The first kappa shape index (κ1) is 19.3. The molecular formula is C21H16FNO4S. The molecule has 7 heteroatoms. The third kappa shape index (κ3) is 4.63. The Bertz CT molecular complexity index is 1120. The van der Waals surface area contributed by atoms with Crippen molar-refractivity contribution in [1.29, 1.82) is 0 Å². The Kier molecular flexibility index (Phi) is 5.56. The molecular weight excluding hydrogens is 381 g/mol. The standard InChI is InChI=1S/C21H16FNO4S/c22-19-3-1-2-4-21(19)28(26,27)23-17-10-8-16(9-11-17)20(25)14-7-15-5-12-18(24)13-6-15/h1-14,23-24H/b14-7+. The molecule has 0 atom stereocenters. The molecule has 0 radical (unpaired) electrons. The largest absolute Gasteiger partial charge is 0.508 e. The van der Waals surface area contributed by atoms with E-state index in [0.717, 1.165) is 11.6 Å². The third-order valence-corrected chi connectivity index (χ3v) is 5.28. The second-order valence-corrected chi connectivity index (χ2v) is 7.55. The normalized spacial score (nSPS) is 11.5. The van der Waals surface area contributed by atoms with Gasteiger partial charge in [0.05, 0.1) is 0 Å². The highest BCUT2D eigenvalue weighted by atomic mass is 32.2. The van der Waals surface area contributed by atoms with E-state index in [1.165, 1.54) is 60.7 Å². The number of carbonyl (C=O) groups is 1. The molecule has 3 rings (SSSR count). The topological polar surface area (TPSA) is 83.5 Å². The zero-order valence-corrected chi connectivity index (χ0v) is 15.4. The van der Waals surface area contributed by atoms with Crippen LogP contribution < -0.4 is 4.72 Å². The summed E-state index contributed by atoms with van der Waals surface area (Å²) in [5.74, 6) is -0.977. The van der Waals surface area contributed by atoms with Crippen LogP contribution in [0.25, 0.3) is 6.08 Å². The lowest BCUT2D eigenvalue weighted by molar-refractivity contribution is 0.104. The fourth-order valence-electron chi connectivity index (χ4n) is 2.43. The fourth-order valence-corrected chi connectivity index (χ4v) is 3.57. The van der Waals surface area contributed by atoms with Gasteiger partial charge in [0.2, 0.25) is 0 Å². The number of halogens is 1. The number of phenolic OH excluding ortho intramolecular Hbond substituents is 1. The van der Waals surface area contributed by atoms with E-state index in [2.05, 4.69) is 4.72 Å². The summed E-state index contributed by atoms with van der Waals surface area (Å²) in [4.78, 5) is 11.8. The van der Waals surface area contributed by atoms with Crippen molar-refractivity contribution in [3.05, 3.63) is 95.8 Å². The fraction of sp³-hybridized carbons (Fsp3) is 0. The molecule has 0 saturated carbocycles. The summed E-state index contributed by atoms with van der Waals surface area (Å²) in [5.41, 5.74) is 1.33. The van der Waals surface area contributed by atoms with Gasteiger partial charge >= 0.3 is 0 Å². The molecule has 0 amide bonds. The molecule has 0 unspecified atom stereocenters. The SMILES string of the molecule is O=C(/C=C/c1ccc(O)cc1)c1ccc(NS(=O)(=O)c2ccccc2F)cc1. The van der Waals surface area contributed by atoms with Crippen molar-refractivity contribution < 1.29 is 22.7 Å². The monoisotopic (exact) mass is 397 g/mol. The molecule has 0 aliphatic carbocycles. The van der Waals surface area contributed by atoms with Crippen LogP contribution in [0.4, 0.5) is 10.1 Å². The van der Waals surface area contributed by atoms with Gasteiger partial charge < -0.3 is 5.11 Å². The van der Waals surface area contributed by atoms with Crippen LogP contribution >= 0.6 is 0 Å². The molecule has 142 valence electrons. The molecule has 5 nitrogen and oxygen atoms in total. The number of hydrogen-bond donors (Lipinski definition) is 2. The van der Waals surface area contributed by atoms with Gasteiger partial charge in [0.15, 0.2) is 5.78 Å². The van der Waals surface area contributed by atoms with Gasteiger partial charge in [0, 0.05) is 11.3 Å². The minimum atomic E-state index is -4.07. The summed E-state index contributed by atoms with van der Waals surface area (Å²) in [5, 5.41) is 9.25. The van der Waals surface area contributed by atoms with Gasteiger partial charge in [-0.2, -0.15) is 0 Å². The van der Waals surface area contributed by atoms with Crippen LogP contribution in [0.2, 0.25) is 0 Å². The highest BCUT2D eigenvalue weighted by molar-refractivity contribution is 7.92. The van der Waals surface area contributed by atoms with Crippen molar-refractivity contribution in [3.63, 3.8) is 0 Å². The number of nitrogens with one attached hydrogen (secondary N) is 1. The maximum absolute atomic E-state index is 13.7. The van der Waals surface area contributed by atoms with Gasteiger partial charge in [-0.05, 0) is 60.2 Å². The molecule has 0 spiro atoms. The number of phenols is 1. The average Bonchev–Trinajstić information content (AvgIpc) is 2.68. The highest BCUT2D eigenvalue weighted by Crippen LogP contribution is 2.19. The molecule has 2 N–H and O–H groups in total. The summed E-state index contributed by atoms with van der Waals surface area (Å²) in [7, 11) is -4.07. The number of aromatic hydroxyl groups is 1. The van der Waals surface area contributed by atoms with E-state index < -0.39 is 20.7 Å². The van der Waals surface area contributed by atoms with Crippen molar-refractivity contribution in [3.8, 4) is 5.75 Å². The molecule has 0 fully saturated rings. The zero-order chi connectivity index (χ0) is 20.1. The summed E-state index contributed by atoms with van der Waals surface area (Å²) in [6.07, 6.45) is 2.99. The number of carbonyl (C=O) groups excluding carboxylic acids is 1. The minimum Gasteiger partial charge on any atom is -0.508 e. The van der Waals surface area contributed by atoms with E-state index in [1.807, 2.05) is 0 Å². The minimum absolute atomic E-state index is 0.136. The van der Waals surface area contributed by atoms with Gasteiger partial charge in [-0.25, -0.2) is 12.8 Å². The highest BCUT2D eigenvalue weighted by Gasteiger charge is 2.18. The Morgan fingerprint density at radius 3 is 2.21 bits per heavy atom. The van der Waals surface area contributed by atoms with Crippen molar-refractivity contribution in [2.45, 2.75) is 4.90 Å². The molecule has 3 aromatic rings. The van der Waals surface area contributed by atoms with Crippen molar-refractivity contribution in [2.75, 3.05) is 4.72 Å². The Hall–Kier alpha value is -3.45. The molecule has 0 bridgehead atoms. The number of rotatable bonds is 6. The molecule has 0 aromatic heterocycles. The van der Waals surface area contributed by atoms with Crippen molar-refractivity contribution in [2.24, 2.45) is 0 Å². The Labute approximate surface area is 161 Å². The number of hydrogen-bond acceptors (Lipinski definition) is 4. The van der Waals surface area contributed by atoms with E-state index in [9.17, 15) is 22.7 Å². The third-order valence-electron chi connectivity index (χ3n) is 3.87. The molecule has 3 aromatic carbocycles. The maximum atomic E-state index is 13.7. The van der Waals surface area contributed by atoms with Crippen molar-refractivity contribution >= 4 is 27.6 Å². The molecule has 0 aliphatic rings. The first-order valence-corrected chi connectivity index (χ1v) is 9.72. The van der Waals surface area contributed by atoms with Crippen LogP contribution in [0.15, 0.2) is 83.8 Å². The second-order valence-electron chi connectivity index (χ2n) is 5.90. The Morgan fingerprint density at radius 2 is 1.57 bits per heavy atom. The van der Waals surface area contributed by atoms with Gasteiger partial charge in [-0.3, -0.25) is 9.52 Å². The lowest BCUT2D eigenvalue weighted by Gasteiger charge is -2.09. The quantitative estimate of drug-likeness (QED) is 0.482. The van der Waals surface area contributed by atoms with E-state index >= 15 is 0 Å². The number of benzene rings is 3. The smallest absolute Gasteiger partial charge is 0.264 e.